The highest BCUT2D eigenvalue weighted by Crippen LogP contribution is 2.35. The lowest BCUT2D eigenvalue weighted by molar-refractivity contribution is 0.221. The van der Waals surface area contributed by atoms with Gasteiger partial charge in [-0.15, -0.1) is 0 Å². The average Bonchev–Trinajstić information content (AvgIpc) is 2.75. The van der Waals surface area contributed by atoms with Gasteiger partial charge in [-0.05, 0) is 71.8 Å². The predicted octanol–water partition coefficient (Wildman–Crippen LogP) is 4.44. The SMILES string of the molecule is CC(C)N1C(=O)N(c2ccc(N)c(F)c2)Cc2cnc(NC3CCC(N(C)C)CC3)cc21. The Morgan fingerprint density at radius 3 is 2.53 bits per heavy atom. The first-order valence-electron chi connectivity index (χ1n) is 11.3. The minimum absolute atomic E-state index is 0.0616. The molecule has 172 valence electrons. The maximum absolute atomic E-state index is 14.1. The Hall–Kier alpha value is -2.87. The number of aromatic nitrogens is 1. The third-order valence-corrected chi connectivity index (χ3v) is 6.58. The van der Waals surface area contributed by atoms with Gasteiger partial charge in [-0.3, -0.25) is 9.80 Å². The van der Waals surface area contributed by atoms with Gasteiger partial charge in [0, 0.05) is 41.6 Å². The molecule has 7 nitrogen and oxygen atoms in total. The van der Waals surface area contributed by atoms with E-state index in [1.807, 2.05) is 26.1 Å². The summed E-state index contributed by atoms with van der Waals surface area (Å²) in [7, 11) is 4.28. The van der Waals surface area contributed by atoms with Gasteiger partial charge in [0.05, 0.1) is 17.9 Å². The number of nitrogen functional groups attached to an aromatic ring is 1. The summed E-state index contributed by atoms with van der Waals surface area (Å²) in [5.74, 6) is 0.265. The predicted molar refractivity (Wildman–Crippen MR) is 128 cm³/mol. The molecular weight excluding hydrogens is 407 g/mol. The van der Waals surface area contributed by atoms with Gasteiger partial charge in [0.1, 0.15) is 11.6 Å². The quantitative estimate of drug-likeness (QED) is 0.672. The van der Waals surface area contributed by atoms with E-state index < -0.39 is 5.82 Å². The van der Waals surface area contributed by atoms with Crippen molar-refractivity contribution in [3.63, 3.8) is 0 Å². The molecule has 2 aromatic rings. The van der Waals surface area contributed by atoms with Crippen LogP contribution >= 0.6 is 0 Å². The molecule has 0 spiro atoms. The normalized spacial score (nSPS) is 21.3. The summed E-state index contributed by atoms with van der Waals surface area (Å²) < 4.78 is 14.1. The van der Waals surface area contributed by atoms with Gasteiger partial charge in [-0.2, -0.15) is 0 Å². The van der Waals surface area contributed by atoms with Gasteiger partial charge < -0.3 is 16.0 Å². The number of nitrogens with zero attached hydrogens (tertiary/aromatic N) is 4. The zero-order valence-corrected chi connectivity index (χ0v) is 19.3. The molecule has 1 aliphatic heterocycles. The Morgan fingerprint density at radius 1 is 1.19 bits per heavy atom. The fraction of sp³-hybridized carbons (Fsp3) is 0.500. The minimum atomic E-state index is -0.529. The highest BCUT2D eigenvalue weighted by molar-refractivity contribution is 6.06. The number of hydrogen-bond acceptors (Lipinski definition) is 5. The lowest BCUT2D eigenvalue weighted by Gasteiger charge is -2.39. The molecule has 1 saturated carbocycles. The topological polar surface area (TPSA) is 77.7 Å². The van der Waals surface area contributed by atoms with Gasteiger partial charge in [0.2, 0.25) is 0 Å². The van der Waals surface area contributed by atoms with Crippen molar-refractivity contribution in [2.75, 3.05) is 34.9 Å². The monoisotopic (exact) mass is 440 g/mol. The highest BCUT2D eigenvalue weighted by Gasteiger charge is 2.34. The van der Waals surface area contributed by atoms with Crippen LogP contribution in [0.15, 0.2) is 30.5 Å². The summed E-state index contributed by atoms with van der Waals surface area (Å²) in [5, 5.41) is 3.58. The molecular formula is C24H33FN6O. The van der Waals surface area contributed by atoms with Crippen LogP contribution in [0.25, 0.3) is 0 Å². The van der Waals surface area contributed by atoms with E-state index in [1.54, 1.807) is 15.9 Å². The summed E-state index contributed by atoms with van der Waals surface area (Å²) in [5.41, 5.74) is 7.95. The van der Waals surface area contributed by atoms with E-state index in [0.717, 1.165) is 29.9 Å². The molecule has 3 N–H and O–H groups in total. The van der Waals surface area contributed by atoms with E-state index in [4.69, 9.17) is 5.73 Å². The third-order valence-electron chi connectivity index (χ3n) is 6.58. The number of amides is 2. The molecule has 2 heterocycles. The van der Waals surface area contributed by atoms with Crippen LogP contribution in [0.5, 0.6) is 0 Å². The highest BCUT2D eigenvalue weighted by atomic mass is 19.1. The molecule has 0 unspecified atom stereocenters. The Bertz CT molecular complexity index is 986. The molecule has 1 aromatic heterocycles. The second-order valence-corrected chi connectivity index (χ2v) is 9.35. The summed E-state index contributed by atoms with van der Waals surface area (Å²) in [6.45, 7) is 4.29. The van der Waals surface area contributed by atoms with Crippen LogP contribution in [0.1, 0.15) is 45.1 Å². The van der Waals surface area contributed by atoms with E-state index in [9.17, 15) is 9.18 Å². The second-order valence-electron chi connectivity index (χ2n) is 9.35. The molecule has 32 heavy (non-hydrogen) atoms. The molecule has 0 atom stereocenters. The summed E-state index contributed by atoms with van der Waals surface area (Å²) >= 11 is 0. The number of carbonyl (C=O) groups is 1. The van der Waals surface area contributed by atoms with Crippen LogP contribution in [0.2, 0.25) is 0 Å². The van der Waals surface area contributed by atoms with Crippen LogP contribution in [0.3, 0.4) is 0 Å². The molecule has 8 heteroatoms. The maximum Gasteiger partial charge on any atom is 0.329 e. The van der Waals surface area contributed by atoms with Crippen molar-refractivity contribution < 1.29 is 9.18 Å². The first-order valence-corrected chi connectivity index (χ1v) is 11.3. The Balaban J connectivity index is 1.57. The smallest absolute Gasteiger partial charge is 0.329 e. The van der Waals surface area contributed by atoms with Crippen LogP contribution in [-0.4, -0.2) is 48.1 Å². The van der Waals surface area contributed by atoms with E-state index in [2.05, 4.69) is 29.3 Å². The van der Waals surface area contributed by atoms with Crippen molar-refractivity contribution in [1.82, 2.24) is 9.88 Å². The van der Waals surface area contributed by atoms with Crippen LogP contribution in [-0.2, 0) is 6.54 Å². The van der Waals surface area contributed by atoms with E-state index in [-0.39, 0.29) is 17.8 Å². The standard InChI is InChI=1S/C24H33FN6O/c1-15(2)31-22-12-23(28-17-5-7-18(8-6-17)29(3)4)27-13-16(22)14-30(24(31)32)19-9-10-21(26)20(25)11-19/h9-13,15,17-18H,5-8,14,26H2,1-4H3,(H,27,28). The molecule has 2 amide bonds. The fourth-order valence-corrected chi connectivity index (χ4v) is 4.70. The van der Waals surface area contributed by atoms with Crippen LogP contribution in [0, 0.1) is 5.82 Å². The van der Waals surface area contributed by atoms with Crippen molar-refractivity contribution in [3.8, 4) is 0 Å². The number of halogens is 1. The number of hydrogen-bond donors (Lipinski definition) is 2. The number of urea groups is 1. The van der Waals surface area contributed by atoms with Crippen molar-refractivity contribution in [2.24, 2.45) is 0 Å². The zero-order valence-electron chi connectivity index (χ0n) is 19.3. The number of pyridine rings is 1. The number of fused-ring (bicyclic) bond motifs is 1. The third kappa shape index (κ3) is 4.37. The molecule has 0 saturated heterocycles. The second kappa shape index (κ2) is 8.94. The largest absolute Gasteiger partial charge is 0.396 e. The first-order chi connectivity index (χ1) is 15.2. The number of rotatable bonds is 5. The van der Waals surface area contributed by atoms with Gasteiger partial charge >= 0.3 is 6.03 Å². The number of anilines is 4. The first kappa shape index (κ1) is 22.3. The minimum Gasteiger partial charge on any atom is -0.396 e. The number of nitrogens with two attached hydrogens (primary N) is 1. The van der Waals surface area contributed by atoms with E-state index in [0.29, 0.717) is 24.3 Å². The fourth-order valence-electron chi connectivity index (χ4n) is 4.70. The van der Waals surface area contributed by atoms with Crippen molar-refractivity contribution in [1.29, 1.82) is 0 Å². The molecule has 1 fully saturated rings. The Labute approximate surface area is 189 Å². The molecule has 1 aromatic carbocycles. The molecule has 2 aliphatic rings. The van der Waals surface area contributed by atoms with E-state index >= 15 is 0 Å². The lowest BCUT2D eigenvalue weighted by Crippen LogP contribution is -2.50. The van der Waals surface area contributed by atoms with Crippen LogP contribution in [0.4, 0.5) is 32.1 Å². The number of benzene rings is 1. The van der Waals surface area contributed by atoms with Gasteiger partial charge in [-0.25, -0.2) is 14.2 Å². The molecule has 4 rings (SSSR count). The molecule has 1 aliphatic carbocycles. The summed E-state index contributed by atoms with van der Waals surface area (Å²) in [4.78, 5) is 23.6. The van der Waals surface area contributed by atoms with Gasteiger partial charge in [0.15, 0.2) is 0 Å². The zero-order chi connectivity index (χ0) is 23.0. The van der Waals surface area contributed by atoms with Gasteiger partial charge in [-0.1, -0.05) is 0 Å². The Kier molecular flexibility index (Phi) is 6.24. The number of carbonyl (C=O) groups excluding carboxylic acids is 1. The summed E-state index contributed by atoms with van der Waals surface area (Å²) in [6.07, 6.45) is 6.36. The average molecular weight is 441 g/mol. The van der Waals surface area contributed by atoms with Crippen LogP contribution < -0.4 is 20.9 Å². The van der Waals surface area contributed by atoms with Crippen molar-refractivity contribution in [2.45, 2.75) is 64.2 Å². The van der Waals surface area contributed by atoms with Crippen molar-refractivity contribution in [3.05, 3.63) is 41.8 Å². The molecule has 0 radical (unpaired) electrons. The van der Waals surface area contributed by atoms with Crippen molar-refractivity contribution >= 4 is 28.9 Å². The lowest BCUT2D eigenvalue weighted by atomic mass is 9.90. The van der Waals surface area contributed by atoms with Gasteiger partial charge in [0.25, 0.3) is 0 Å². The molecule has 0 bridgehead atoms. The maximum atomic E-state index is 14.1. The van der Waals surface area contributed by atoms with E-state index in [1.165, 1.54) is 25.0 Å². The summed E-state index contributed by atoms with van der Waals surface area (Å²) in [6, 6.07) is 7.24. The number of nitrogens with one attached hydrogen (secondary N) is 1. The Morgan fingerprint density at radius 2 is 1.91 bits per heavy atom.